The number of carbonyl (C=O) groups is 1. The molecule has 0 saturated carbocycles. The van der Waals surface area contributed by atoms with Gasteiger partial charge in [-0.15, -0.1) is 0 Å². The standard InChI is InChI=1S/C11H12F3NO3/c1-3-17-10(16)8-4-7(2)15-9(5-8)18-6-11(12,13)14/h4-5H,3,6H2,1-2H3. The van der Waals surface area contributed by atoms with Crippen LogP contribution in [0.3, 0.4) is 0 Å². The van der Waals surface area contributed by atoms with Crippen LogP contribution in [0.25, 0.3) is 0 Å². The zero-order chi connectivity index (χ0) is 13.8. The Morgan fingerprint density at radius 1 is 1.39 bits per heavy atom. The lowest BCUT2D eigenvalue weighted by atomic mass is 10.2. The van der Waals surface area contributed by atoms with Crippen LogP contribution < -0.4 is 4.74 Å². The molecule has 1 aromatic heterocycles. The molecule has 0 aliphatic heterocycles. The monoisotopic (exact) mass is 263 g/mol. The molecule has 18 heavy (non-hydrogen) atoms. The van der Waals surface area contributed by atoms with E-state index in [9.17, 15) is 18.0 Å². The zero-order valence-corrected chi connectivity index (χ0v) is 9.87. The third-order valence-corrected chi connectivity index (χ3v) is 1.82. The van der Waals surface area contributed by atoms with Crippen LogP contribution in [0, 0.1) is 6.92 Å². The molecule has 0 amide bonds. The number of aromatic nitrogens is 1. The lowest BCUT2D eigenvalue weighted by Gasteiger charge is -2.10. The summed E-state index contributed by atoms with van der Waals surface area (Å²) < 4.78 is 45.1. The van der Waals surface area contributed by atoms with E-state index in [1.165, 1.54) is 6.07 Å². The highest BCUT2D eigenvalue weighted by Crippen LogP contribution is 2.19. The topological polar surface area (TPSA) is 48.4 Å². The van der Waals surface area contributed by atoms with E-state index in [-0.39, 0.29) is 18.1 Å². The van der Waals surface area contributed by atoms with E-state index in [0.29, 0.717) is 5.69 Å². The second-order valence-corrected chi connectivity index (χ2v) is 3.46. The lowest BCUT2D eigenvalue weighted by Crippen LogP contribution is -2.20. The van der Waals surface area contributed by atoms with Crippen molar-refractivity contribution in [2.45, 2.75) is 20.0 Å². The summed E-state index contributed by atoms with van der Waals surface area (Å²) in [4.78, 5) is 15.2. The van der Waals surface area contributed by atoms with E-state index in [1.807, 2.05) is 0 Å². The van der Waals surface area contributed by atoms with Gasteiger partial charge in [0, 0.05) is 11.8 Å². The van der Waals surface area contributed by atoms with Crippen molar-refractivity contribution in [3.05, 3.63) is 23.4 Å². The Balaban J connectivity index is 2.84. The molecule has 0 bridgehead atoms. The molecule has 0 aliphatic carbocycles. The molecular weight excluding hydrogens is 251 g/mol. The summed E-state index contributed by atoms with van der Waals surface area (Å²) in [6, 6.07) is 2.54. The SMILES string of the molecule is CCOC(=O)c1cc(C)nc(OCC(F)(F)F)c1. The number of nitrogens with zero attached hydrogens (tertiary/aromatic N) is 1. The Morgan fingerprint density at radius 2 is 2.06 bits per heavy atom. The number of carbonyl (C=O) groups excluding carboxylic acids is 1. The van der Waals surface area contributed by atoms with Crippen LogP contribution in [0.15, 0.2) is 12.1 Å². The van der Waals surface area contributed by atoms with E-state index in [2.05, 4.69) is 9.72 Å². The molecule has 0 fully saturated rings. The van der Waals surface area contributed by atoms with Crippen molar-refractivity contribution >= 4 is 5.97 Å². The van der Waals surface area contributed by atoms with E-state index in [0.717, 1.165) is 6.07 Å². The van der Waals surface area contributed by atoms with E-state index in [4.69, 9.17) is 4.74 Å². The van der Waals surface area contributed by atoms with Crippen molar-refractivity contribution in [1.82, 2.24) is 4.98 Å². The first-order valence-electron chi connectivity index (χ1n) is 5.17. The number of alkyl halides is 3. The van der Waals surface area contributed by atoms with E-state index in [1.54, 1.807) is 13.8 Å². The Bertz CT molecular complexity index is 432. The van der Waals surface area contributed by atoms with Gasteiger partial charge in [0.25, 0.3) is 0 Å². The predicted molar refractivity (Wildman–Crippen MR) is 56.5 cm³/mol. The summed E-state index contributed by atoms with van der Waals surface area (Å²) in [6.07, 6.45) is -4.45. The van der Waals surface area contributed by atoms with Crippen molar-refractivity contribution in [2.75, 3.05) is 13.2 Å². The van der Waals surface area contributed by atoms with Crippen LogP contribution >= 0.6 is 0 Å². The zero-order valence-electron chi connectivity index (χ0n) is 9.87. The van der Waals surface area contributed by atoms with Crippen molar-refractivity contribution in [3.63, 3.8) is 0 Å². The summed E-state index contributed by atoms with van der Waals surface area (Å²) in [5, 5.41) is 0. The molecule has 0 aromatic carbocycles. The maximum absolute atomic E-state index is 12.0. The molecular formula is C11H12F3NO3. The molecule has 100 valence electrons. The van der Waals surface area contributed by atoms with Gasteiger partial charge in [-0.3, -0.25) is 0 Å². The van der Waals surface area contributed by atoms with Gasteiger partial charge in [-0.1, -0.05) is 0 Å². The maximum Gasteiger partial charge on any atom is 0.422 e. The minimum Gasteiger partial charge on any atom is -0.468 e. The number of hydrogen-bond donors (Lipinski definition) is 0. The molecule has 1 heterocycles. The molecule has 0 N–H and O–H groups in total. The van der Waals surface area contributed by atoms with Crippen LogP contribution in [0.4, 0.5) is 13.2 Å². The summed E-state index contributed by atoms with van der Waals surface area (Å²) in [6.45, 7) is 1.90. The number of pyridine rings is 1. The normalized spacial score (nSPS) is 11.2. The average Bonchev–Trinajstić information content (AvgIpc) is 2.25. The summed E-state index contributed by atoms with van der Waals surface area (Å²) in [5.74, 6) is -0.879. The largest absolute Gasteiger partial charge is 0.468 e. The molecule has 0 saturated heterocycles. The first-order chi connectivity index (χ1) is 8.31. The summed E-state index contributed by atoms with van der Waals surface area (Å²) in [5.41, 5.74) is 0.485. The molecule has 0 radical (unpaired) electrons. The Hall–Kier alpha value is -1.79. The fourth-order valence-corrected chi connectivity index (χ4v) is 1.20. The summed E-state index contributed by atoms with van der Waals surface area (Å²) >= 11 is 0. The van der Waals surface area contributed by atoms with Crippen LogP contribution in [-0.4, -0.2) is 30.3 Å². The average molecular weight is 263 g/mol. The molecule has 1 rings (SSSR count). The highest BCUT2D eigenvalue weighted by molar-refractivity contribution is 5.89. The third kappa shape index (κ3) is 4.60. The van der Waals surface area contributed by atoms with E-state index >= 15 is 0 Å². The van der Waals surface area contributed by atoms with Gasteiger partial charge >= 0.3 is 12.1 Å². The van der Waals surface area contributed by atoms with Crippen LogP contribution in [-0.2, 0) is 4.74 Å². The first-order valence-corrected chi connectivity index (χ1v) is 5.17. The van der Waals surface area contributed by atoms with Gasteiger partial charge in [-0.25, -0.2) is 9.78 Å². The fraction of sp³-hybridized carbons (Fsp3) is 0.455. The number of esters is 1. The highest BCUT2D eigenvalue weighted by atomic mass is 19.4. The van der Waals surface area contributed by atoms with Gasteiger partial charge in [0.2, 0.25) is 5.88 Å². The van der Waals surface area contributed by atoms with Crippen molar-refractivity contribution in [1.29, 1.82) is 0 Å². The van der Waals surface area contributed by atoms with Gasteiger partial charge in [0.05, 0.1) is 12.2 Å². The van der Waals surface area contributed by atoms with Crippen LogP contribution in [0.1, 0.15) is 23.0 Å². The van der Waals surface area contributed by atoms with Crippen molar-refractivity contribution in [2.24, 2.45) is 0 Å². The first kappa shape index (κ1) is 14.3. The second kappa shape index (κ2) is 5.70. The fourth-order valence-electron chi connectivity index (χ4n) is 1.20. The van der Waals surface area contributed by atoms with E-state index < -0.39 is 18.8 Å². The van der Waals surface area contributed by atoms with Crippen molar-refractivity contribution in [3.8, 4) is 5.88 Å². The Morgan fingerprint density at radius 3 is 2.61 bits per heavy atom. The lowest BCUT2D eigenvalue weighted by molar-refractivity contribution is -0.154. The van der Waals surface area contributed by atoms with Gasteiger partial charge in [-0.05, 0) is 19.9 Å². The number of halogens is 3. The number of hydrogen-bond acceptors (Lipinski definition) is 4. The predicted octanol–water partition coefficient (Wildman–Crippen LogP) is 2.51. The molecule has 0 spiro atoms. The molecule has 0 atom stereocenters. The van der Waals surface area contributed by atoms with Crippen molar-refractivity contribution < 1.29 is 27.4 Å². The van der Waals surface area contributed by atoms with Crippen LogP contribution in [0.5, 0.6) is 5.88 Å². The quantitative estimate of drug-likeness (QED) is 0.783. The third-order valence-electron chi connectivity index (χ3n) is 1.82. The molecule has 4 nitrogen and oxygen atoms in total. The van der Waals surface area contributed by atoms with Gasteiger partial charge in [0.15, 0.2) is 6.61 Å². The smallest absolute Gasteiger partial charge is 0.422 e. The minimum absolute atomic E-state index is 0.113. The number of ether oxygens (including phenoxy) is 2. The maximum atomic E-state index is 12.0. The highest BCUT2D eigenvalue weighted by Gasteiger charge is 2.28. The van der Waals surface area contributed by atoms with Crippen LogP contribution in [0.2, 0.25) is 0 Å². The molecule has 0 unspecified atom stereocenters. The molecule has 0 aliphatic rings. The minimum atomic E-state index is -4.45. The Labute approximate surface area is 102 Å². The van der Waals surface area contributed by atoms with Gasteiger partial charge < -0.3 is 9.47 Å². The summed E-state index contributed by atoms with van der Waals surface area (Å²) in [7, 11) is 0. The Kier molecular flexibility index (Phi) is 4.52. The second-order valence-electron chi connectivity index (χ2n) is 3.46. The number of aryl methyl sites for hydroxylation is 1. The molecule has 7 heteroatoms. The van der Waals surface area contributed by atoms with Gasteiger partial charge in [-0.2, -0.15) is 13.2 Å². The molecule has 1 aromatic rings. The van der Waals surface area contributed by atoms with Gasteiger partial charge in [0.1, 0.15) is 0 Å². The number of rotatable bonds is 4.